The Morgan fingerprint density at radius 3 is 2.93 bits per heavy atom. The second-order valence-corrected chi connectivity index (χ2v) is 8.19. The summed E-state index contributed by atoms with van der Waals surface area (Å²) in [5, 5.41) is 7.19. The molecule has 2 fully saturated rings. The van der Waals surface area contributed by atoms with Gasteiger partial charge in [-0.3, -0.25) is 4.98 Å². The topological polar surface area (TPSA) is 93.4 Å². The van der Waals surface area contributed by atoms with E-state index in [2.05, 4.69) is 34.3 Å². The molecule has 2 amide bonds. The fourth-order valence-corrected chi connectivity index (χ4v) is 4.14. The first-order valence-electron chi connectivity index (χ1n) is 9.92. The predicted octanol–water partition coefficient (Wildman–Crippen LogP) is 2.69. The number of urea groups is 1. The van der Waals surface area contributed by atoms with E-state index in [1.807, 2.05) is 17.0 Å². The van der Waals surface area contributed by atoms with Crippen LogP contribution in [0.1, 0.15) is 38.5 Å². The number of hydrogen-bond acceptors (Lipinski definition) is 6. The second-order valence-electron chi connectivity index (χ2n) is 8.19. The summed E-state index contributed by atoms with van der Waals surface area (Å²) in [6.45, 7) is 7.51. The Hall–Kier alpha value is -2.48. The Morgan fingerprint density at radius 1 is 1.39 bits per heavy atom. The van der Waals surface area contributed by atoms with Crippen molar-refractivity contribution in [2.45, 2.75) is 32.6 Å². The summed E-state index contributed by atoms with van der Waals surface area (Å²) >= 11 is 0. The first-order chi connectivity index (χ1) is 13.6. The molecule has 2 aromatic heterocycles. The Bertz CT molecular complexity index is 801. The number of aromatic nitrogens is 3. The van der Waals surface area contributed by atoms with Gasteiger partial charge in [-0.1, -0.05) is 19.0 Å². The van der Waals surface area contributed by atoms with Crippen LogP contribution < -0.4 is 5.32 Å². The average molecular weight is 385 g/mol. The zero-order valence-electron chi connectivity index (χ0n) is 16.4. The number of rotatable bonds is 4. The van der Waals surface area contributed by atoms with Gasteiger partial charge in [0.2, 0.25) is 11.7 Å². The van der Waals surface area contributed by atoms with E-state index >= 15 is 0 Å². The van der Waals surface area contributed by atoms with Gasteiger partial charge < -0.3 is 19.5 Å². The lowest BCUT2D eigenvalue weighted by molar-refractivity contribution is 0.00942. The highest BCUT2D eigenvalue weighted by atomic mass is 16.5. The lowest BCUT2D eigenvalue weighted by Gasteiger charge is -2.36. The molecule has 4 rings (SSSR count). The van der Waals surface area contributed by atoms with Crippen molar-refractivity contribution in [2.24, 2.45) is 11.3 Å². The molecular weight excluding hydrogens is 358 g/mol. The number of nitrogens with zero attached hydrogens (tertiary/aromatic N) is 4. The molecule has 2 saturated heterocycles. The highest BCUT2D eigenvalue weighted by Gasteiger charge is 2.51. The molecule has 0 aliphatic carbocycles. The first-order valence-corrected chi connectivity index (χ1v) is 9.92. The van der Waals surface area contributed by atoms with E-state index in [9.17, 15) is 4.79 Å². The Labute approximate surface area is 164 Å². The number of nitrogens with one attached hydrogen (secondary N) is 1. The summed E-state index contributed by atoms with van der Waals surface area (Å²) in [6.07, 6.45) is 5.21. The molecule has 8 heteroatoms. The molecule has 8 nitrogen and oxygen atoms in total. The molecule has 1 spiro atoms. The van der Waals surface area contributed by atoms with Crippen LogP contribution >= 0.6 is 0 Å². The van der Waals surface area contributed by atoms with Crippen LogP contribution in [-0.2, 0) is 4.74 Å². The van der Waals surface area contributed by atoms with E-state index in [1.165, 1.54) is 0 Å². The fourth-order valence-electron chi connectivity index (χ4n) is 4.14. The lowest BCUT2D eigenvalue weighted by atomic mass is 9.72. The van der Waals surface area contributed by atoms with Crippen LogP contribution in [0.25, 0.3) is 11.4 Å². The molecule has 0 aromatic carbocycles. The van der Waals surface area contributed by atoms with Crippen molar-refractivity contribution in [1.82, 2.24) is 25.3 Å². The minimum atomic E-state index is -0.0772. The molecule has 28 heavy (non-hydrogen) atoms. The van der Waals surface area contributed by atoms with E-state index in [4.69, 9.17) is 9.26 Å². The van der Waals surface area contributed by atoms with Crippen molar-refractivity contribution in [1.29, 1.82) is 0 Å². The van der Waals surface area contributed by atoms with Gasteiger partial charge in [0, 0.05) is 56.2 Å². The maximum absolute atomic E-state index is 12.7. The van der Waals surface area contributed by atoms with Crippen LogP contribution in [0.4, 0.5) is 4.79 Å². The highest BCUT2D eigenvalue weighted by molar-refractivity contribution is 5.74. The third kappa shape index (κ3) is 3.73. The standard InChI is InChI=1S/C20H27N5O3/c1-14(2)10-22-19(26)25-12-16(20(13-25)5-8-27-9-6-20)18-23-17(24-28-18)15-4-3-7-21-11-15/h3-4,7,11,14,16H,5-6,8-10,12-13H2,1-2H3,(H,22,26)/t16-/m0/s1. The van der Waals surface area contributed by atoms with Gasteiger partial charge in [0.05, 0.1) is 5.92 Å². The van der Waals surface area contributed by atoms with Crippen molar-refractivity contribution in [3.8, 4) is 11.4 Å². The van der Waals surface area contributed by atoms with Gasteiger partial charge in [-0.15, -0.1) is 0 Å². The molecule has 0 saturated carbocycles. The Kier molecular flexibility index (Phi) is 5.30. The predicted molar refractivity (Wildman–Crippen MR) is 103 cm³/mol. The number of pyridine rings is 1. The van der Waals surface area contributed by atoms with Crippen LogP contribution in [0.5, 0.6) is 0 Å². The number of amides is 2. The summed E-state index contributed by atoms with van der Waals surface area (Å²) in [5.74, 6) is 1.56. The molecule has 0 bridgehead atoms. The van der Waals surface area contributed by atoms with Crippen LogP contribution in [0.15, 0.2) is 29.0 Å². The summed E-state index contributed by atoms with van der Waals surface area (Å²) in [6, 6.07) is 3.74. The average Bonchev–Trinajstić information content (AvgIpc) is 3.33. The van der Waals surface area contributed by atoms with Gasteiger partial charge in [0.15, 0.2) is 0 Å². The minimum Gasteiger partial charge on any atom is -0.381 e. The maximum Gasteiger partial charge on any atom is 0.317 e. The first kappa shape index (κ1) is 18.9. The molecule has 1 N–H and O–H groups in total. The SMILES string of the molecule is CC(C)CNC(=O)N1C[C@@H](c2nc(-c3cccnc3)no2)C2(CCOCC2)C1. The molecule has 0 unspecified atom stereocenters. The van der Waals surface area contributed by atoms with Gasteiger partial charge in [-0.25, -0.2) is 4.79 Å². The number of likely N-dealkylation sites (tertiary alicyclic amines) is 1. The summed E-state index contributed by atoms with van der Waals surface area (Å²) in [5.41, 5.74) is 0.745. The number of hydrogen-bond donors (Lipinski definition) is 1. The largest absolute Gasteiger partial charge is 0.381 e. The highest BCUT2D eigenvalue weighted by Crippen LogP contribution is 2.49. The van der Waals surface area contributed by atoms with Crippen molar-refractivity contribution in [3.63, 3.8) is 0 Å². The maximum atomic E-state index is 12.7. The van der Waals surface area contributed by atoms with Gasteiger partial charge in [0.25, 0.3) is 0 Å². The molecule has 2 aromatic rings. The van der Waals surface area contributed by atoms with E-state index in [0.717, 1.165) is 18.4 Å². The van der Waals surface area contributed by atoms with E-state index < -0.39 is 0 Å². The van der Waals surface area contributed by atoms with Gasteiger partial charge in [-0.2, -0.15) is 4.98 Å². The zero-order chi connectivity index (χ0) is 19.6. The lowest BCUT2D eigenvalue weighted by Crippen LogP contribution is -2.42. The molecule has 150 valence electrons. The molecule has 2 aliphatic heterocycles. The number of carbonyl (C=O) groups is 1. The quantitative estimate of drug-likeness (QED) is 0.870. The van der Waals surface area contributed by atoms with Crippen molar-refractivity contribution >= 4 is 6.03 Å². The van der Waals surface area contributed by atoms with Crippen molar-refractivity contribution < 1.29 is 14.1 Å². The monoisotopic (exact) mass is 385 g/mol. The minimum absolute atomic E-state index is 0.0131. The van der Waals surface area contributed by atoms with Crippen LogP contribution in [0, 0.1) is 11.3 Å². The molecule has 4 heterocycles. The molecule has 0 radical (unpaired) electrons. The summed E-state index contributed by atoms with van der Waals surface area (Å²) < 4.78 is 11.3. The Balaban J connectivity index is 1.57. The normalized spacial score (nSPS) is 21.4. The summed E-state index contributed by atoms with van der Waals surface area (Å²) in [7, 11) is 0. The van der Waals surface area contributed by atoms with Crippen molar-refractivity contribution in [3.05, 3.63) is 30.4 Å². The van der Waals surface area contributed by atoms with Crippen LogP contribution in [0.3, 0.4) is 0 Å². The number of carbonyl (C=O) groups excluding carboxylic acids is 1. The molecular formula is C20H27N5O3. The van der Waals surface area contributed by atoms with Crippen LogP contribution in [0.2, 0.25) is 0 Å². The smallest absolute Gasteiger partial charge is 0.317 e. The molecule has 2 aliphatic rings. The third-order valence-corrected chi connectivity index (χ3v) is 5.74. The van der Waals surface area contributed by atoms with E-state index in [-0.39, 0.29) is 17.4 Å². The number of ether oxygens (including phenoxy) is 1. The van der Waals surface area contributed by atoms with Gasteiger partial charge in [-0.05, 0) is 30.9 Å². The van der Waals surface area contributed by atoms with Gasteiger partial charge in [0.1, 0.15) is 0 Å². The summed E-state index contributed by atoms with van der Waals surface area (Å²) in [4.78, 5) is 23.4. The van der Waals surface area contributed by atoms with Gasteiger partial charge >= 0.3 is 6.03 Å². The van der Waals surface area contributed by atoms with E-state index in [0.29, 0.717) is 50.5 Å². The third-order valence-electron chi connectivity index (χ3n) is 5.74. The molecule has 1 atom stereocenters. The fraction of sp³-hybridized carbons (Fsp3) is 0.600. The Morgan fingerprint density at radius 2 is 2.21 bits per heavy atom. The van der Waals surface area contributed by atoms with Crippen molar-refractivity contribution in [2.75, 3.05) is 32.8 Å². The second kappa shape index (κ2) is 7.87. The van der Waals surface area contributed by atoms with Crippen LogP contribution in [-0.4, -0.2) is 58.9 Å². The zero-order valence-corrected chi connectivity index (χ0v) is 16.4. The van der Waals surface area contributed by atoms with E-state index in [1.54, 1.807) is 12.4 Å².